The quantitative estimate of drug-likeness (QED) is 0.506. The van der Waals surface area contributed by atoms with Crippen molar-refractivity contribution in [3.63, 3.8) is 0 Å². The van der Waals surface area contributed by atoms with Gasteiger partial charge in [-0.2, -0.15) is 14.8 Å². The molecule has 0 spiro atoms. The van der Waals surface area contributed by atoms with Gasteiger partial charge in [0.05, 0.1) is 23.7 Å². The minimum Gasteiger partial charge on any atom is -0.365 e. The molecule has 0 aromatic carbocycles. The molecule has 0 saturated carbocycles. The molecule has 1 fully saturated rings. The third-order valence-corrected chi connectivity index (χ3v) is 6.80. The summed E-state index contributed by atoms with van der Waals surface area (Å²) in [5, 5.41) is 17.2. The minimum absolute atomic E-state index is 0.182. The molecule has 178 valence electrons. The summed E-state index contributed by atoms with van der Waals surface area (Å²) in [6, 6.07) is 7.14. The normalized spacial score (nSPS) is 16.6. The van der Waals surface area contributed by atoms with Gasteiger partial charge in [-0.05, 0) is 30.5 Å². The molecule has 3 aromatic heterocycles. The van der Waals surface area contributed by atoms with Crippen LogP contribution in [0.3, 0.4) is 0 Å². The van der Waals surface area contributed by atoms with E-state index in [-0.39, 0.29) is 17.8 Å². The lowest BCUT2D eigenvalue weighted by Gasteiger charge is -2.41. The maximum absolute atomic E-state index is 13.5. The summed E-state index contributed by atoms with van der Waals surface area (Å²) in [4.78, 5) is 22.5. The van der Waals surface area contributed by atoms with Gasteiger partial charge in [0.2, 0.25) is 5.95 Å². The first-order chi connectivity index (χ1) is 17.0. The van der Waals surface area contributed by atoms with Crippen LogP contribution in [0.5, 0.6) is 0 Å². The molecule has 4 heterocycles. The summed E-state index contributed by atoms with van der Waals surface area (Å²) in [5.74, 6) is -1.09. The largest absolute Gasteiger partial charge is 0.365 e. The van der Waals surface area contributed by atoms with Gasteiger partial charge in [0, 0.05) is 62.0 Å². The van der Waals surface area contributed by atoms with Crippen molar-refractivity contribution in [1.82, 2.24) is 24.6 Å². The van der Waals surface area contributed by atoms with E-state index in [9.17, 15) is 14.4 Å². The first-order valence-corrected chi connectivity index (χ1v) is 11.5. The van der Waals surface area contributed by atoms with Crippen molar-refractivity contribution in [3.8, 4) is 6.07 Å². The fourth-order valence-corrected chi connectivity index (χ4v) is 4.86. The van der Waals surface area contributed by atoms with Crippen LogP contribution in [0.15, 0.2) is 42.9 Å². The molecule has 0 unspecified atom stereocenters. The average Bonchev–Trinajstić information content (AvgIpc) is 3.49. The van der Waals surface area contributed by atoms with Crippen LogP contribution in [-0.2, 0) is 18.5 Å². The lowest BCUT2D eigenvalue weighted by molar-refractivity contribution is 0.0967. The number of hydrogen-bond donors (Lipinski definition) is 2. The standard InChI is InChI=1S/C25H25FN8O/c26-22-14-18(5-11-30-22)31-24-20(23(28)35)16-34(32-24)25(6-9-27)7-12-33(13-8-25)15-17-4-10-29-21-3-1-2-19(17)21/h1-2,4-5,10-11,14,16H,3,6-8,12-13,15H2,(H2,28,35)(H,30,31,32). The SMILES string of the molecule is N#CCC1(n2cc(C(N)=O)c(Nc3ccnc(F)c3)n2)CCN(Cc2ccnc3c2C=CC3)CC1. The van der Waals surface area contributed by atoms with Crippen molar-refractivity contribution in [2.24, 2.45) is 5.73 Å². The van der Waals surface area contributed by atoms with Crippen molar-refractivity contribution in [1.29, 1.82) is 5.26 Å². The molecule has 1 amide bonds. The van der Waals surface area contributed by atoms with E-state index >= 15 is 0 Å². The molecule has 3 N–H and O–H groups in total. The van der Waals surface area contributed by atoms with Crippen molar-refractivity contribution in [2.75, 3.05) is 18.4 Å². The van der Waals surface area contributed by atoms with Crippen molar-refractivity contribution in [3.05, 3.63) is 71.2 Å². The van der Waals surface area contributed by atoms with E-state index in [0.717, 1.165) is 31.7 Å². The van der Waals surface area contributed by atoms with Crippen molar-refractivity contribution in [2.45, 2.75) is 37.8 Å². The fourth-order valence-electron chi connectivity index (χ4n) is 4.86. The number of primary amides is 1. The zero-order valence-corrected chi connectivity index (χ0v) is 19.1. The van der Waals surface area contributed by atoms with Gasteiger partial charge in [-0.15, -0.1) is 0 Å². The number of anilines is 2. The van der Waals surface area contributed by atoms with E-state index in [1.165, 1.54) is 23.4 Å². The predicted molar refractivity (Wildman–Crippen MR) is 128 cm³/mol. The number of carbonyl (C=O) groups excluding carboxylic acids is 1. The number of pyridine rings is 2. The Morgan fingerprint density at radius 2 is 2.06 bits per heavy atom. The fraction of sp³-hybridized carbons (Fsp3) is 0.320. The summed E-state index contributed by atoms with van der Waals surface area (Å²) in [6.45, 7) is 2.35. The molecule has 1 saturated heterocycles. The van der Waals surface area contributed by atoms with Crippen LogP contribution in [0.4, 0.5) is 15.9 Å². The number of nitrogens with zero attached hydrogens (tertiary/aromatic N) is 6. The Morgan fingerprint density at radius 1 is 1.26 bits per heavy atom. The topological polar surface area (TPSA) is 126 Å². The molecule has 2 aliphatic rings. The Balaban J connectivity index is 1.37. The second kappa shape index (κ2) is 9.27. The number of halogens is 1. The highest BCUT2D eigenvalue weighted by atomic mass is 19.1. The van der Waals surface area contributed by atoms with Gasteiger partial charge in [-0.25, -0.2) is 4.98 Å². The maximum Gasteiger partial charge on any atom is 0.254 e. The maximum atomic E-state index is 13.5. The van der Waals surface area contributed by atoms with Gasteiger partial charge >= 0.3 is 0 Å². The summed E-state index contributed by atoms with van der Waals surface area (Å²) >= 11 is 0. The summed E-state index contributed by atoms with van der Waals surface area (Å²) < 4.78 is 15.2. The molecule has 1 aliphatic heterocycles. The van der Waals surface area contributed by atoms with Crippen molar-refractivity contribution < 1.29 is 9.18 Å². The lowest BCUT2D eigenvalue weighted by atomic mass is 9.84. The second-order valence-electron chi connectivity index (χ2n) is 8.96. The number of nitriles is 1. The zero-order valence-electron chi connectivity index (χ0n) is 19.1. The summed E-state index contributed by atoms with van der Waals surface area (Å²) in [6.07, 6.45) is 11.5. The van der Waals surface area contributed by atoms with Crippen LogP contribution in [0.2, 0.25) is 0 Å². The first-order valence-electron chi connectivity index (χ1n) is 11.5. The Bertz CT molecular complexity index is 1330. The number of carbonyl (C=O) groups is 1. The van der Waals surface area contributed by atoms with E-state index in [4.69, 9.17) is 5.73 Å². The molecule has 1 aliphatic carbocycles. The second-order valence-corrected chi connectivity index (χ2v) is 8.96. The molecule has 9 nitrogen and oxygen atoms in total. The van der Waals surface area contributed by atoms with Gasteiger partial charge < -0.3 is 11.1 Å². The lowest BCUT2D eigenvalue weighted by Crippen LogP contribution is -2.46. The molecule has 0 atom stereocenters. The minimum atomic E-state index is -0.655. The van der Waals surface area contributed by atoms with Gasteiger partial charge in [0.1, 0.15) is 5.56 Å². The highest BCUT2D eigenvalue weighted by Gasteiger charge is 2.38. The molecule has 5 rings (SSSR count). The number of piperidine rings is 1. The van der Waals surface area contributed by atoms with E-state index in [1.54, 1.807) is 16.9 Å². The molecular weight excluding hydrogens is 447 g/mol. The monoisotopic (exact) mass is 472 g/mol. The number of hydrogen-bond acceptors (Lipinski definition) is 7. The molecule has 0 bridgehead atoms. The number of likely N-dealkylation sites (tertiary alicyclic amines) is 1. The Morgan fingerprint density at radius 3 is 2.80 bits per heavy atom. The highest BCUT2D eigenvalue weighted by molar-refractivity contribution is 5.98. The van der Waals surface area contributed by atoms with E-state index in [2.05, 4.69) is 49.6 Å². The number of allylic oxidation sites excluding steroid dienone is 1. The van der Waals surface area contributed by atoms with Crippen LogP contribution >= 0.6 is 0 Å². The number of fused-ring (bicyclic) bond motifs is 1. The molecular formula is C25H25FN8O. The number of nitrogens with two attached hydrogens (primary N) is 1. The van der Waals surface area contributed by atoms with Crippen molar-refractivity contribution >= 4 is 23.5 Å². The molecule has 10 heteroatoms. The van der Waals surface area contributed by atoms with Crippen LogP contribution in [-0.4, -0.2) is 43.6 Å². The third kappa shape index (κ3) is 4.50. The molecule has 35 heavy (non-hydrogen) atoms. The van der Waals surface area contributed by atoms with Crippen LogP contribution in [0, 0.1) is 17.3 Å². The highest BCUT2D eigenvalue weighted by Crippen LogP contribution is 2.36. The van der Waals surface area contributed by atoms with Crippen LogP contribution in [0.1, 0.15) is 46.4 Å². The predicted octanol–water partition coefficient (Wildman–Crippen LogP) is 3.13. The number of nitrogens with one attached hydrogen (secondary N) is 1. The van der Waals surface area contributed by atoms with Gasteiger partial charge in [-0.3, -0.25) is 19.4 Å². The van der Waals surface area contributed by atoms with Crippen LogP contribution in [0.25, 0.3) is 6.08 Å². The number of aromatic nitrogens is 4. The van der Waals surface area contributed by atoms with Gasteiger partial charge in [0.15, 0.2) is 5.82 Å². The third-order valence-electron chi connectivity index (χ3n) is 6.80. The van der Waals surface area contributed by atoms with Gasteiger partial charge in [-0.1, -0.05) is 12.2 Å². The first kappa shape index (κ1) is 22.7. The zero-order chi connectivity index (χ0) is 24.4. The number of rotatable bonds is 7. The molecule has 3 aromatic rings. The van der Waals surface area contributed by atoms with E-state index < -0.39 is 17.4 Å². The average molecular weight is 473 g/mol. The van der Waals surface area contributed by atoms with Gasteiger partial charge in [0.25, 0.3) is 5.91 Å². The Hall–Kier alpha value is -4.10. The summed E-state index contributed by atoms with van der Waals surface area (Å²) in [7, 11) is 0. The Kier molecular flexibility index (Phi) is 6.01. The van der Waals surface area contributed by atoms with Crippen LogP contribution < -0.4 is 11.1 Å². The van der Waals surface area contributed by atoms with E-state index in [0.29, 0.717) is 18.5 Å². The smallest absolute Gasteiger partial charge is 0.254 e. The molecule has 0 radical (unpaired) electrons. The Labute approximate surface area is 202 Å². The van der Waals surface area contributed by atoms with E-state index in [1.807, 2.05) is 6.20 Å². The summed E-state index contributed by atoms with van der Waals surface area (Å²) in [5.41, 5.74) is 9.19. The number of amides is 1.